The predicted molar refractivity (Wildman–Crippen MR) is 149 cm³/mol. The van der Waals surface area contributed by atoms with Crippen molar-refractivity contribution in [2.75, 3.05) is 5.32 Å². The number of non-ortho nitro benzene ring substituents is 1. The van der Waals surface area contributed by atoms with E-state index in [1.54, 1.807) is 37.3 Å². The third-order valence-corrected chi connectivity index (χ3v) is 6.54. The fourth-order valence-electron chi connectivity index (χ4n) is 4.42. The van der Waals surface area contributed by atoms with E-state index < -0.39 is 16.7 Å². The van der Waals surface area contributed by atoms with Gasteiger partial charge in [-0.15, -0.1) is 0 Å². The van der Waals surface area contributed by atoms with Gasteiger partial charge in [-0.25, -0.2) is 5.43 Å². The van der Waals surface area contributed by atoms with E-state index in [2.05, 4.69) is 15.8 Å². The predicted octanol–water partition coefficient (Wildman–Crippen LogP) is 6.66. The number of para-hydroxylation sites is 1. The van der Waals surface area contributed by atoms with Crippen LogP contribution < -0.4 is 15.5 Å². The fraction of sp³-hybridized carbons (Fsp3) is 0.138. The van der Waals surface area contributed by atoms with Crippen molar-refractivity contribution in [1.82, 2.24) is 5.43 Å². The smallest absolute Gasteiger partial charge is 0.291 e. The molecule has 1 aromatic heterocycles. The Kier molecular flexibility index (Phi) is 7.61. The average Bonchev–Trinajstić information content (AvgIpc) is 3.30. The summed E-state index contributed by atoms with van der Waals surface area (Å²) in [5.41, 5.74) is 4.53. The van der Waals surface area contributed by atoms with E-state index in [9.17, 15) is 19.7 Å². The number of nitrogens with one attached hydrogen (secondary N) is 2. The monoisotopic (exact) mass is 558 g/mol. The number of amides is 2. The molecule has 11 heteroatoms. The van der Waals surface area contributed by atoms with Gasteiger partial charge in [0.05, 0.1) is 16.3 Å². The highest BCUT2D eigenvalue weighted by atomic mass is 35.5. The molecule has 0 radical (unpaired) electrons. The highest BCUT2D eigenvalue weighted by molar-refractivity contribution is 6.31. The van der Waals surface area contributed by atoms with E-state index in [1.165, 1.54) is 24.3 Å². The highest BCUT2D eigenvalue weighted by Crippen LogP contribution is 2.34. The number of carbonyl (C=O) groups is 2. The van der Waals surface area contributed by atoms with Crippen LogP contribution in [-0.2, 0) is 6.42 Å². The largest absolute Gasteiger partial charge is 0.455 e. The van der Waals surface area contributed by atoms with E-state index in [-0.39, 0.29) is 17.0 Å². The van der Waals surface area contributed by atoms with E-state index in [0.717, 1.165) is 0 Å². The normalized spacial score (nSPS) is 13.4. The van der Waals surface area contributed by atoms with Crippen LogP contribution in [0.15, 0.2) is 82.3 Å². The molecule has 5 rings (SSSR count). The van der Waals surface area contributed by atoms with E-state index in [4.69, 9.17) is 20.8 Å². The summed E-state index contributed by atoms with van der Waals surface area (Å²) in [6, 6.07) is 19.4. The lowest BCUT2D eigenvalue weighted by Crippen LogP contribution is -2.22. The van der Waals surface area contributed by atoms with Gasteiger partial charge in [-0.3, -0.25) is 19.7 Å². The fourth-order valence-corrected chi connectivity index (χ4v) is 4.60. The molecule has 0 bridgehead atoms. The molecule has 0 unspecified atom stereocenters. The third-order valence-electron chi connectivity index (χ3n) is 6.30. The molecule has 3 aromatic carbocycles. The lowest BCUT2D eigenvalue weighted by Gasteiger charge is -2.13. The van der Waals surface area contributed by atoms with Crippen LogP contribution in [0.5, 0.6) is 11.5 Å². The number of rotatable bonds is 7. The molecule has 1 aliphatic rings. The Bertz CT molecular complexity index is 1650. The molecular formula is C29H23ClN4O6. The summed E-state index contributed by atoms with van der Waals surface area (Å²) in [5, 5.41) is 18.6. The number of fused-ring (bicyclic) bond motifs is 1. The van der Waals surface area contributed by atoms with E-state index in [1.807, 2.05) is 18.2 Å². The number of halogens is 1. The molecule has 2 amide bonds. The third kappa shape index (κ3) is 5.71. The number of nitrogens with zero attached hydrogens (tertiary/aromatic N) is 2. The molecule has 1 aliphatic carbocycles. The molecule has 0 saturated heterocycles. The molecule has 40 heavy (non-hydrogen) atoms. The molecular weight excluding hydrogens is 536 g/mol. The minimum atomic E-state index is -0.589. The van der Waals surface area contributed by atoms with Gasteiger partial charge in [0.1, 0.15) is 11.5 Å². The Morgan fingerprint density at radius 1 is 1.02 bits per heavy atom. The molecule has 0 spiro atoms. The summed E-state index contributed by atoms with van der Waals surface area (Å²) in [6.45, 7) is 1.75. The maximum absolute atomic E-state index is 13.3. The van der Waals surface area contributed by atoms with Crippen molar-refractivity contribution in [3.8, 4) is 11.5 Å². The molecule has 202 valence electrons. The summed E-state index contributed by atoms with van der Waals surface area (Å²) in [7, 11) is 0. The summed E-state index contributed by atoms with van der Waals surface area (Å²) in [4.78, 5) is 36.4. The molecule has 1 heterocycles. The number of furan rings is 1. The molecule has 0 fully saturated rings. The van der Waals surface area contributed by atoms with Crippen LogP contribution >= 0.6 is 11.6 Å². The van der Waals surface area contributed by atoms with Crippen LogP contribution in [0.4, 0.5) is 11.4 Å². The number of nitro benzene ring substituents is 1. The number of carbonyl (C=O) groups excluding carboxylic acids is 2. The van der Waals surface area contributed by atoms with Gasteiger partial charge in [0, 0.05) is 40.3 Å². The van der Waals surface area contributed by atoms with Gasteiger partial charge in [-0.1, -0.05) is 35.9 Å². The zero-order chi connectivity index (χ0) is 28.2. The SMILES string of the molecule is Cc1c(C(=O)Nc2cc(Cl)ccc2Oc2ccccc2)oc2c1/C(=N/NC(=O)c1cccc([N+](=O)[O-])c1)CCC2. The number of hydrogen-bond acceptors (Lipinski definition) is 7. The summed E-state index contributed by atoms with van der Waals surface area (Å²) in [5.74, 6) is 0.614. The van der Waals surface area contributed by atoms with Crippen molar-refractivity contribution in [2.24, 2.45) is 5.10 Å². The maximum Gasteiger partial charge on any atom is 0.291 e. The number of aryl methyl sites for hydroxylation is 1. The van der Waals surface area contributed by atoms with Crippen LogP contribution in [0.2, 0.25) is 5.02 Å². The van der Waals surface area contributed by atoms with Crippen LogP contribution in [-0.4, -0.2) is 22.4 Å². The number of benzene rings is 3. The van der Waals surface area contributed by atoms with E-state index in [0.29, 0.717) is 64.1 Å². The second-order valence-corrected chi connectivity index (χ2v) is 9.46. The number of ether oxygens (including phenoxy) is 1. The van der Waals surface area contributed by atoms with Crippen molar-refractivity contribution in [1.29, 1.82) is 0 Å². The van der Waals surface area contributed by atoms with Gasteiger partial charge in [0.25, 0.3) is 17.5 Å². The van der Waals surface area contributed by atoms with Gasteiger partial charge in [-0.2, -0.15) is 5.10 Å². The van der Waals surface area contributed by atoms with Crippen molar-refractivity contribution in [3.63, 3.8) is 0 Å². The summed E-state index contributed by atoms with van der Waals surface area (Å²) < 4.78 is 11.9. The van der Waals surface area contributed by atoms with E-state index >= 15 is 0 Å². The van der Waals surface area contributed by atoms with Crippen LogP contribution in [0.25, 0.3) is 0 Å². The average molecular weight is 559 g/mol. The van der Waals surface area contributed by atoms with Crippen LogP contribution in [0.3, 0.4) is 0 Å². The topological polar surface area (TPSA) is 136 Å². The number of anilines is 1. The van der Waals surface area contributed by atoms with Crippen molar-refractivity contribution >= 4 is 40.5 Å². The van der Waals surface area contributed by atoms with Crippen LogP contribution in [0.1, 0.15) is 50.6 Å². The summed E-state index contributed by atoms with van der Waals surface area (Å²) >= 11 is 6.20. The highest BCUT2D eigenvalue weighted by Gasteiger charge is 2.28. The van der Waals surface area contributed by atoms with Gasteiger partial charge >= 0.3 is 0 Å². The van der Waals surface area contributed by atoms with Gasteiger partial charge in [0.2, 0.25) is 0 Å². The molecule has 4 aromatic rings. The lowest BCUT2D eigenvalue weighted by molar-refractivity contribution is -0.384. The van der Waals surface area contributed by atoms with Gasteiger partial charge < -0.3 is 14.5 Å². The second-order valence-electron chi connectivity index (χ2n) is 9.02. The van der Waals surface area contributed by atoms with Crippen molar-refractivity contribution in [2.45, 2.75) is 26.2 Å². The minimum Gasteiger partial charge on any atom is -0.455 e. The molecule has 2 N–H and O–H groups in total. The Hall–Kier alpha value is -4.96. The van der Waals surface area contributed by atoms with Crippen molar-refractivity contribution < 1.29 is 23.7 Å². The quantitative estimate of drug-likeness (QED) is 0.192. The van der Waals surface area contributed by atoms with Gasteiger partial charge in [0.15, 0.2) is 11.5 Å². The first-order valence-corrected chi connectivity index (χ1v) is 12.8. The summed E-state index contributed by atoms with van der Waals surface area (Å²) in [6.07, 6.45) is 1.85. The maximum atomic E-state index is 13.3. The zero-order valence-corrected chi connectivity index (χ0v) is 22.0. The Balaban J connectivity index is 1.37. The number of hydrogen-bond donors (Lipinski definition) is 2. The molecule has 0 aliphatic heterocycles. The Morgan fingerprint density at radius 3 is 2.60 bits per heavy atom. The van der Waals surface area contributed by atoms with Crippen molar-refractivity contribution in [3.05, 3.63) is 116 Å². The Labute approximate surface area is 233 Å². The first kappa shape index (κ1) is 26.6. The first-order chi connectivity index (χ1) is 19.3. The number of hydrazone groups is 1. The number of nitro groups is 1. The van der Waals surface area contributed by atoms with Gasteiger partial charge in [-0.05, 0) is 56.2 Å². The molecule has 0 saturated carbocycles. The second kappa shape index (κ2) is 11.4. The lowest BCUT2D eigenvalue weighted by atomic mass is 9.93. The minimum absolute atomic E-state index is 0.105. The zero-order valence-electron chi connectivity index (χ0n) is 21.3. The Morgan fingerprint density at radius 2 is 1.82 bits per heavy atom. The first-order valence-electron chi connectivity index (χ1n) is 12.4. The molecule has 10 nitrogen and oxygen atoms in total. The standard InChI is InChI=1S/C29H23ClN4O6/c1-17-26-22(32-33-28(35)18-7-5-8-20(15-18)34(37)38)11-6-12-25(26)40-27(17)29(36)31-23-16-19(30)13-14-24(23)39-21-9-3-2-4-10-21/h2-5,7-10,13-16H,6,11-12H2,1H3,(H,31,36)(H,33,35)/b32-22+. The molecule has 0 atom stereocenters. The van der Waals surface area contributed by atoms with Crippen LogP contribution in [0, 0.1) is 17.0 Å².